The molecule has 4 aromatic carbocycles. The maximum Gasteiger partial charge on any atom is 0.237 e. The van der Waals surface area contributed by atoms with E-state index in [2.05, 4.69) is 24.3 Å². The SMILES string of the molecule is O=C(C(=O)c1ccccc1OCc1ccc(Cc2ccccc2)cc1)c1ccccc1. The molecule has 0 fully saturated rings. The first-order valence-corrected chi connectivity index (χ1v) is 10.2. The maximum absolute atomic E-state index is 12.8. The first-order valence-electron chi connectivity index (χ1n) is 10.2. The molecule has 0 aromatic heterocycles. The number of carbonyl (C=O) groups is 2. The minimum Gasteiger partial charge on any atom is -0.488 e. The fourth-order valence-electron chi connectivity index (χ4n) is 3.37. The van der Waals surface area contributed by atoms with E-state index < -0.39 is 11.6 Å². The van der Waals surface area contributed by atoms with Gasteiger partial charge in [-0.25, -0.2) is 0 Å². The van der Waals surface area contributed by atoms with E-state index in [-0.39, 0.29) is 5.56 Å². The molecule has 0 unspecified atom stereocenters. The molecule has 31 heavy (non-hydrogen) atoms. The molecule has 0 spiro atoms. The van der Waals surface area contributed by atoms with Gasteiger partial charge in [-0.2, -0.15) is 0 Å². The van der Waals surface area contributed by atoms with E-state index in [1.54, 1.807) is 48.5 Å². The molecule has 0 atom stereocenters. The molecule has 4 rings (SSSR count). The number of ketones is 2. The van der Waals surface area contributed by atoms with Crippen molar-refractivity contribution in [2.45, 2.75) is 13.0 Å². The van der Waals surface area contributed by atoms with Gasteiger partial charge in [0.05, 0.1) is 5.56 Å². The van der Waals surface area contributed by atoms with E-state index in [0.29, 0.717) is 17.9 Å². The fraction of sp³-hybridized carbons (Fsp3) is 0.0714. The van der Waals surface area contributed by atoms with Gasteiger partial charge in [0.15, 0.2) is 0 Å². The highest BCUT2D eigenvalue weighted by molar-refractivity contribution is 6.49. The Hall–Kier alpha value is -3.98. The van der Waals surface area contributed by atoms with Crippen LogP contribution in [-0.2, 0) is 13.0 Å². The Balaban J connectivity index is 1.43. The molecular formula is C28H22O3. The third-order valence-electron chi connectivity index (χ3n) is 5.04. The van der Waals surface area contributed by atoms with Crippen molar-refractivity contribution in [1.82, 2.24) is 0 Å². The van der Waals surface area contributed by atoms with Crippen LogP contribution in [0, 0.1) is 0 Å². The van der Waals surface area contributed by atoms with Crippen molar-refractivity contribution >= 4 is 11.6 Å². The number of Topliss-reactive ketones (excluding diaryl/α,β-unsaturated/α-hetero) is 2. The average molecular weight is 406 g/mol. The monoisotopic (exact) mass is 406 g/mol. The van der Waals surface area contributed by atoms with E-state index >= 15 is 0 Å². The van der Waals surface area contributed by atoms with Crippen molar-refractivity contribution in [1.29, 1.82) is 0 Å². The zero-order chi connectivity index (χ0) is 21.5. The Morgan fingerprint density at radius 2 is 1.10 bits per heavy atom. The predicted molar refractivity (Wildman–Crippen MR) is 122 cm³/mol. The number of para-hydroxylation sites is 1. The van der Waals surface area contributed by atoms with Crippen molar-refractivity contribution in [2.75, 3.05) is 0 Å². The summed E-state index contributed by atoms with van der Waals surface area (Å²) in [6.07, 6.45) is 0.876. The van der Waals surface area contributed by atoms with E-state index in [9.17, 15) is 9.59 Å². The van der Waals surface area contributed by atoms with Crippen LogP contribution in [0.5, 0.6) is 5.75 Å². The molecule has 0 bridgehead atoms. The smallest absolute Gasteiger partial charge is 0.237 e. The normalized spacial score (nSPS) is 10.5. The van der Waals surface area contributed by atoms with Gasteiger partial charge in [-0.15, -0.1) is 0 Å². The average Bonchev–Trinajstić information content (AvgIpc) is 2.84. The van der Waals surface area contributed by atoms with Crippen molar-refractivity contribution < 1.29 is 14.3 Å². The lowest BCUT2D eigenvalue weighted by atomic mass is 10.0. The number of carbonyl (C=O) groups excluding carboxylic acids is 2. The first-order chi connectivity index (χ1) is 15.2. The minimum atomic E-state index is -0.569. The summed E-state index contributed by atoms with van der Waals surface area (Å²) in [5.74, 6) is -0.702. The Bertz CT molecular complexity index is 1160. The second kappa shape index (κ2) is 9.68. The molecule has 4 aromatic rings. The van der Waals surface area contributed by atoms with Crippen molar-refractivity contribution in [3.05, 3.63) is 137 Å². The number of benzene rings is 4. The molecule has 0 aliphatic heterocycles. The third-order valence-corrected chi connectivity index (χ3v) is 5.04. The lowest BCUT2D eigenvalue weighted by Gasteiger charge is -2.11. The highest BCUT2D eigenvalue weighted by Gasteiger charge is 2.21. The Labute approximate surface area is 181 Å². The molecular weight excluding hydrogens is 384 g/mol. The standard InChI is InChI=1S/C28H22O3/c29-27(24-11-5-2-6-12-24)28(30)25-13-7-8-14-26(25)31-20-23-17-15-22(16-18-23)19-21-9-3-1-4-10-21/h1-18H,19-20H2. The van der Waals surface area contributed by atoms with Gasteiger partial charge in [-0.05, 0) is 35.2 Å². The molecule has 0 amide bonds. The molecule has 0 heterocycles. The van der Waals surface area contributed by atoms with Gasteiger partial charge in [-0.3, -0.25) is 9.59 Å². The summed E-state index contributed by atoms with van der Waals surface area (Å²) in [4.78, 5) is 25.3. The summed E-state index contributed by atoms with van der Waals surface area (Å²) in [5.41, 5.74) is 4.13. The number of hydrogen-bond acceptors (Lipinski definition) is 3. The molecule has 0 radical (unpaired) electrons. The summed E-state index contributed by atoms with van der Waals surface area (Å²) in [6, 6.07) is 34.0. The van der Waals surface area contributed by atoms with Crippen LogP contribution in [-0.4, -0.2) is 11.6 Å². The second-order valence-electron chi connectivity index (χ2n) is 7.29. The molecule has 152 valence electrons. The summed E-state index contributed by atoms with van der Waals surface area (Å²) in [6.45, 7) is 0.315. The molecule has 0 aliphatic rings. The van der Waals surface area contributed by atoms with E-state index in [0.717, 1.165) is 12.0 Å². The maximum atomic E-state index is 12.8. The van der Waals surface area contributed by atoms with Crippen LogP contribution in [0.15, 0.2) is 109 Å². The van der Waals surface area contributed by atoms with Crippen LogP contribution in [0.25, 0.3) is 0 Å². The van der Waals surface area contributed by atoms with Gasteiger partial charge in [0.25, 0.3) is 0 Å². The third kappa shape index (κ3) is 5.14. The van der Waals surface area contributed by atoms with Crippen LogP contribution >= 0.6 is 0 Å². The van der Waals surface area contributed by atoms with Crippen LogP contribution in [0.4, 0.5) is 0 Å². The fourth-order valence-corrected chi connectivity index (χ4v) is 3.37. The van der Waals surface area contributed by atoms with Gasteiger partial charge in [0, 0.05) is 5.56 Å². The van der Waals surface area contributed by atoms with Gasteiger partial charge < -0.3 is 4.74 Å². The van der Waals surface area contributed by atoms with Gasteiger partial charge in [-0.1, -0.05) is 97.1 Å². The lowest BCUT2D eigenvalue weighted by molar-refractivity contribution is 0.0814. The summed E-state index contributed by atoms with van der Waals surface area (Å²) >= 11 is 0. The Morgan fingerprint density at radius 3 is 1.81 bits per heavy atom. The number of hydrogen-bond donors (Lipinski definition) is 0. The predicted octanol–water partition coefficient (Wildman–Crippen LogP) is 5.92. The van der Waals surface area contributed by atoms with E-state index in [1.165, 1.54) is 11.1 Å². The Kier molecular flexibility index (Phi) is 6.34. The van der Waals surface area contributed by atoms with Crippen LogP contribution < -0.4 is 4.74 Å². The molecule has 3 heteroatoms. The zero-order valence-corrected chi connectivity index (χ0v) is 17.0. The van der Waals surface area contributed by atoms with Gasteiger partial charge in [0.2, 0.25) is 11.6 Å². The number of rotatable bonds is 8. The lowest BCUT2D eigenvalue weighted by Crippen LogP contribution is -2.15. The van der Waals surface area contributed by atoms with Crippen molar-refractivity contribution in [3.8, 4) is 5.75 Å². The van der Waals surface area contributed by atoms with E-state index in [1.807, 2.05) is 36.4 Å². The van der Waals surface area contributed by atoms with E-state index in [4.69, 9.17) is 4.74 Å². The topological polar surface area (TPSA) is 43.4 Å². The van der Waals surface area contributed by atoms with Crippen molar-refractivity contribution in [2.24, 2.45) is 0 Å². The molecule has 0 saturated heterocycles. The minimum absolute atomic E-state index is 0.275. The van der Waals surface area contributed by atoms with Crippen LogP contribution in [0.2, 0.25) is 0 Å². The zero-order valence-electron chi connectivity index (χ0n) is 17.0. The molecule has 0 aliphatic carbocycles. The summed E-state index contributed by atoms with van der Waals surface area (Å²) in [7, 11) is 0. The second-order valence-corrected chi connectivity index (χ2v) is 7.29. The van der Waals surface area contributed by atoms with Gasteiger partial charge >= 0.3 is 0 Å². The summed E-state index contributed by atoms with van der Waals surface area (Å²) < 4.78 is 5.92. The first kappa shape index (κ1) is 20.3. The summed E-state index contributed by atoms with van der Waals surface area (Å²) in [5, 5.41) is 0. The van der Waals surface area contributed by atoms with Crippen molar-refractivity contribution in [3.63, 3.8) is 0 Å². The molecule has 0 saturated carbocycles. The molecule has 0 N–H and O–H groups in total. The molecule has 3 nitrogen and oxygen atoms in total. The number of ether oxygens (including phenoxy) is 1. The van der Waals surface area contributed by atoms with Crippen LogP contribution in [0.3, 0.4) is 0 Å². The van der Waals surface area contributed by atoms with Gasteiger partial charge in [0.1, 0.15) is 12.4 Å². The Morgan fingerprint density at radius 1 is 0.548 bits per heavy atom. The van der Waals surface area contributed by atoms with Crippen LogP contribution in [0.1, 0.15) is 37.4 Å². The quantitative estimate of drug-likeness (QED) is 0.269. The largest absolute Gasteiger partial charge is 0.488 e. The highest BCUT2D eigenvalue weighted by atomic mass is 16.5. The highest BCUT2D eigenvalue weighted by Crippen LogP contribution is 2.22.